The predicted octanol–water partition coefficient (Wildman–Crippen LogP) is 1.98. The molecule has 2 N–H and O–H groups in total. The molecule has 0 aliphatic carbocycles. The third-order valence-corrected chi connectivity index (χ3v) is 2.76. The first-order valence-corrected chi connectivity index (χ1v) is 6.19. The van der Waals surface area contributed by atoms with Crippen LogP contribution in [-0.4, -0.2) is 12.6 Å². The summed E-state index contributed by atoms with van der Waals surface area (Å²) in [4.78, 5) is 10.4. The molecule has 0 radical (unpaired) electrons. The summed E-state index contributed by atoms with van der Waals surface area (Å²) in [7, 11) is 0. The highest BCUT2D eigenvalue weighted by Gasteiger charge is 2.11. The Kier molecular flexibility index (Phi) is 4.49. The largest absolute Gasteiger partial charge is 0.546 e. The van der Waals surface area contributed by atoms with Crippen molar-refractivity contribution in [2.45, 2.75) is 0 Å². The van der Waals surface area contributed by atoms with Gasteiger partial charge in [-0.2, -0.15) is 0 Å². The van der Waals surface area contributed by atoms with Crippen molar-refractivity contribution in [2.75, 3.05) is 12.3 Å². The van der Waals surface area contributed by atoms with Crippen molar-refractivity contribution in [1.29, 1.82) is 0 Å². The number of carbonyl (C=O) groups excluding carboxylic acids is 1. The third-order valence-electron chi connectivity index (χ3n) is 2.47. The van der Waals surface area contributed by atoms with Crippen LogP contribution in [0, 0.1) is 5.82 Å². The van der Waals surface area contributed by atoms with Crippen molar-refractivity contribution in [1.82, 2.24) is 0 Å². The molecule has 0 saturated heterocycles. The van der Waals surface area contributed by atoms with Gasteiger partial charge in [0.15, 0.2) is 11.5 Å². The van der Waals surface area contributed by atoms with E-state index >= 15 is 0 Å². The van der Waals surface area contributed by atoms with E-state index in [0.29, 0.717) is 0 Å². The molecule has 0 heterocycles. The van der Waals surface area contributed by atoms with E-state index < -0.39 is 18.4 Å². The van der Waals surface area contributed by atoms with Crippen LogP contribution in [-0.2, 0) is 4.79 Å². The highest BCUT2D eigenvalue weighted by atomic mass is 35.5. The second-order valence-electron chi connectivity index (χ2n) is 4.01. The molecule has 2 aromatic rings. The van der Waals surface area contributed by atoms with Crippen LogP contribution in [0.1, 0.15) is 0 Å². The Labute approximate surface area is 124 Å². The monoisotopic (exact) mass is 310 g/mol. The van der Waals surface area contributed by atoms with Crippen LogP contribution in [0.25, 0.3) is 0 Å². The van der Waals surface area contributed by atoms with Gasteiger partial charge < -0.3 is 25.1 Å². The Balaban J connectivity index is 2.27. The number of nitrogen functional groups attached to an aromatic ring is 1. The van der Waals surface area contributed by atoms with E-state index in [9.17, 15) is 14.3 Å². The van der Waals surface area contributed by atoms with Crippen LogP contribution >= 0.6 is 11.6 Å². The summed E-state index contributed by atoms with van der Waals surface area (Å²) in [5, 5.41) is 10.4. The number of carboxylic acids is 1. The number of ether oxygens (including phenoxy) is 2. The Bertz CT molecular complexity index is 678. The number of carboxylic acid groups (broad SMARTS) is 1. The first kappa shape index (κ1) is 14.9. The van der Waals surface area contributed by atoms with E-state index in [-0.39, 0.29) is 28.0 Å². The molecule has 0 bridgehead atoms. The van der Waals surface area contributed by atoms with E-state index in [4.69, 9.17) is 26.8 Å². The van der Waals surface area contributed by atoms with E-state index in [1.54, 1.807) is 18.2 Å². The standard InChI is InChI=1S/C14H11ClFNO4/c15-8-5-9(16)10(17)6-13(8)21-12-4-2-1-3-11(12)20-7-14(18)19/h1-6H,7,17H2,(H,18,19)/p-1. The van der Waals surface area contributed by atoms with Crippen LogP contribution in [0.5, 0.6) is 17.2 Å². The van der Waals surface area contributed by atoms with Gasteiger partial charge in [0.05, 0.1) is 16.7 Å². The van der Waals surface area contributed by atoms with Crippen LogP contribution in [0.3, 0.4) is 0 Å². The fourth-order valence-corrected chi connectivity index (χ4v) is 1.72. The zero-order valence-corrected chi connectivity index (χ0v) is 11.4. The van der Waals surface area contributed by atoms with Gasteiger partial charge >= 0.3 is 0 Å². The van der Waals surface area contributed by atoms with Gasteiger partial charge in [0.1, 0.15) is 18.2 Å². The molecule has 0 aliphatic rings. The predicted molar refractivity (Wildman–Crippen MR) is 72.8 cm³/mol. The maximum atomic E-state index is 13.2. The van der Waals surface area contributed by atoms with Gasteiger partial charge in [0, 0.05) is 6.07 Å². The Morgan fingerprint density at radius 1 is 1.24 bits per heavy atom. The summed E-state index contributed by atoms with van der Waals surface area (Å²) in [6.45, 7) is -0.625. The smallest absolute Gasteiger partial charge is 0.169 e. The number of aliphatic carboxylic acids is 1. The number of halogens is 2. The lowest BCUT2D eigenvalue weighted by atomic mass is 10.3. The zero-order valence-electron chi connectivity index (χ0n) is 10.6. The molecule has 0 aliphatic heterocycles. The number of hydrogen-bond acceptors (Lipinski definition) is 5. The van der Waals surface area contributed by atoms with Gasteiger partial charge in [0.25, 0.3) is 0 Å². The summed E-state index contributed by atoms with van der Waals surface area (Å²) in [6.07, 6.45) is 0. The van der Waals surface area contributed by atoms with Gasteiger partial charge in [-0.25, -0.2) is 4.39 Å². The minimum absolute atomic E-state index is 0.0244. The van der Waals surface area contributed by atoms with E-state index in [1.165, 1.54) is 12.1 Å². The second-order valence-corrected chi connectivity index (χ2v) is 4.42. The number of hydrogen-bond donors (Lipinski definition) is 1. The number of nitrogens with two attached hydrogens (primary N) is 1. The van der Waals surface area contributed by atoms with Gasteiger partial charge in [-0.3, -0.25) is 0 Å². The molecule has 0 aromatic heterocycles. The first-order chi connectivity index (χ1) is 9.97. The molecule has 0 atom stereocenters. The quantitative estimate of drug-likeness (QED) is 0.854. The lowest BCUT2D eigenvalue weighted by Crippen LogP contribution is -2.29. The Morgan fingerprint density at radius 2 is 1.90 bits per heavy atom. The van der Waals surface area contributed by atoms with Crippen LogP contribution in [0.4, 0.5) is 10.1 Å². The summed E-state index contributed by atoms with van der Waals surface area (Å²) in [6, 6.07) is 8.60. The highest BCUT2D eigenvalue weighted by molar-refractivity contribution is 6.32. The molecular weight excluding hydrogens is 301 g/mol. The summed E-state index contributed by atoms with van der Waals surface area (Å²) < 4.78 is 23.7. The maximum Gasteiger partial charge on any atom is 0.169 e. The molecule has 7 heteroatoms. The van der Waals surface area contributed by atoms with Gasteiger partial charge in [-0.05, 0) is 18.2 Å². The van der Waals surface area contributed by atoms with E-state index in [2.05, 4.69) is 0 Å². The Hall–Kier alpha value is -2.47. The average Bonchev–Trinajstić information content (AvgIpc) is 2.43. The minimum Gasteiger partial charge on any atom is -0.546 e. The fourth-order valence-electron chi connectivity index (χ4n) is 1.53. The number of benzene rings is 2. The summed E-state index contributed by atoms with van der Waals surface area (Å²) >= 11 is 5.87. The van der Waals surface area contributed by atoms with Gasteiger partial charge in [0.2, 0.25) is 0 Å². The van der Waals surface area contributed by atoms with E-state index in [0.717, 1.165) is 6.07 Å². The molecule has 5 nitrogen and oxygen atoms in total. The van der Waals surface area contributed by atoms with Crippen LogP contribution in [0.15, 0.2) is 36.4 Å². The SMILES string of the molecule is Nc1cc(Oc2ccccc2OCC(=O)[O-])c(Cl)cc1F. The summed E-state index contributed by atoms with van der Waals surface area (Å²) in [5.41, 5.74) is 5.33. The Morgan fingerprint density at radius 3 is 2.57 bits per heavy atom. The molecule has 21 heavy (non-hydrogen) atoms. The van der Waals surface area contributed by atoms with Crippen molar-refractivity contribution in [2.24, 2.45) is 0 Å². The molecule has 0 fully saturated rings. The minimum atomic E-state index is -1.37. The molecule has 110 valence electrons. The van der Waals surface area contributed by atoms with Crippen molar-refractivity contribution in [3.05, 3.63) is 47.2 Å². The fraction of sp³-hybridized carbons (Fsp3) is 0.0714. The zero-order chi connectivity index (χ0) is 15.4. The number of rotatable bonds is 5. The van der Waals surface area contributed by atoms with Crippen molar-refractivity contribution in [3.8, 4) is 17.2 Å². The number of para-hydroxylation sites is 2. The topological polar surface area (TPSA) is 84.6 Å². The van der Waals surface area contributed by atoms with Crippen LogP contribution < -0.4 is 20.3 Å². The molecule has 2 rings (SSSR count). The van der Waals surface area contributed by atoms with Gasteiger partial charge in [-0.1, -0.05) is 23.7 Å². The van der Waals surface area contributed by atoms with Crippen LogP contribution in [0.2, 0.25) is 5.02 Å². The third kappa shape index (κ3) is 3.76. The maximum absolute atomic E-state index is 13.2. The first-order valence-electron chi connectivity index (χ1n) is 5.81. The lowest BCUT2D eigenvalue weighted by molar-refractivity contribution is -0.307. The number of anilines is 1. The molecule has 0 amide bonds. The molecule has 0 saturated carbocycles. The summed E-state index contributed by atoms with van der Waals surface area (Å²) in [5.74, 6) is -1.50. The number of carbonyl (C=O) groups is 1. The normalized spacial score (nSPS) is 10.2. The molecule has 0 unspecified atom stereocenters. The van der Waals surface area contributed by atoms with Crippen molar-refractivity contribution >= 4 is 23.3 Å². The lowest BCUT2D eigenvalue weighted by Gasteiger charge is -2.14. The van der Waals surface area contributed by atoms with Crippen molar-refractivity contribution in [3.63, 3.8) is 0 Å². The van der Waals surface area contributed by atoms with Crippen molar-refractivity contribution < 1.29 is 23.8 Å². The molecule has 0 spiro atoms. The highest BCUT2D eigenvalue weighted by Crippen LogP contribution is 2.36. The second kappa shape index (κ2) is 6.32. The average molecular weight is 311 g/mol. The molecule has 2 aromatic carbocycles. The van der Waals surface area contributed by atoms with E-state index in [1.807, 2.05) is 0 Å². The van der Waals surface area contributed by atoms with Gasteiger partial charge in [-0.15, -0.1) is 0 Å². The molecular formula is C14H10ClFNO4-.